The molecule has 7 heteroatoms. The van der Waals surface area contributed by atoms with Gasteiger partial charge in [-0.15, -0.1) is 0 Å². The van der Waals surface area contributed by atoms with Gasteiger partial charge in [0.25, 0.3) is 0 Å². The molecule has 5 rings (SSSR count). The van der Waals surface area contributed by atoms with Gasteiger partial charge in [-0.1, -0.05) is 0 Å². The molecular weight excluding hydrogens is 354 g/mol. The first kappa shape index (κ1) is 17.4. The monoisotopic (exact) mass is 379 g/mol. The minimum atomic E-state index is -0.122. The molecule has 0 radical (unpaired) electrons. The number of nitrogens with zero attached hydrogens (tertiary/aromatic N) is 4. The summed E-state index contributed by atoms with van der Waals surface area (Å²) in [6.45, 7) is 4.36. The lowest BCUT2D eigenvalue weighted by Crippen LogP contribution is -2.21. The molecule has 2 saturated carbocycles. The third-order valence-electron chi connectivity index (χ3n) is 6.03. The van der Waals surface area contributed by atoms with Crippen molar-refractivity contribution in [1.82, 2.24) is 15.0 Å². The highest BCUT2D eigenvalue weighted by Gasteiger charge is 2.52. The maximum Gasteiger partial charge on any atom is 0.318 e. The van der Waals surface area contributed by atoms with E-state index in [9.17, 15) is 4.79 Å². The van der Waals surface area contributed by atoms with Gasteiger partial charge in [0.15, 0.2) is 0 Å². The van der Waals surface area contributed by atoms with Crippen LogP contribution in [0.15, 0.2) is 18.3 Å². The zero-order valence-corrected chi connectivity index (χ0v) is 16.4. The van der Waals surface area contributed by atoms with Gasteiger partial charge in [-0.05, 0) is 45.4 Å². The second-order valence-corrected chi connectivity index (χ2v) is 8.31. The second-order valence-electron chi connectivity index (χ2n) is 8.31. The molecule has 1 amide bonds. The van der Waals surface area contributed by atoms with Crippen molar-refractivity contribution in [2.45, 2.75) is 63.9 Å². The van der Waals surface area contributed by atoms with Crippen molar-refractivity contribution in [3.8, 4) is 6.01 Å². The maximum absolute atomic E-state index is 11.5. The molecule has 1 aliphatic heterocycles. The molecule has 1 N–H and O–H groups in total. The Morgan fingerprint density at radius 2 is 2.04 bits per heavy atom. The van der Waals surface area contributed by atoms with E-state index in [1.165, 1.54) is 25.3 Å². The maximum atomic E-state index is 11.5. The van der Waals surface area contributed by atoms with E-state index in [-0.39, 0.29) is 17.4 Å². The van der Waals surface area contributed by atoms with Crippen LogP contribution in [0, 0.1) is 6.92 Å². The van der Waals surface area contributed by atoms with Gasteiger partial charge in [0.2, 0.25) is 5.91 Å². The molecule has 28 heavy (non-hydrogen) atoms. The fraction of sp³-hybridized carbons (Fsp3) is 0.524. The number of anilines is 3. The number of ether oxygens (including phenoxy) is 1. The molecule has 0 aromatic carbocycles. The predicted molar refractivity (Wildman–Crippen MR) is 106 cm³/mol. The van der Waals surface area contributed by atoms with Crippen molar-refractivity contribution < 1.29 is 9.53 Å². The summed E-state index contributed by atoms with van der Waals surface area (Å²) in [5, 5.41) is 2.79. The average Bonchev–Trinajstić information content (AvgIpc) is 3.10. The van der Waals surface area contributed by atoms with Gasteiger partial charge >= 0.3 is 6.01 Å². The Hall–Kier alpha value is -2.70. The molecule has 2 aromatic rings. The van der Waals surface area contributed by atoms with Gasteiger partial charge in [-0.2, -0.15) is 4.98 Å². The summed E-state index contributed by atoms with van der Waals surface area (Å²) in [5.41, 5.74) is 3.38. The van der Waals surface area contributed by atoms with Gasteiger partial charge in [0.05, 0.1) is 5.69 Å². The van der Waals surface area contributed by atoms with Crippen molar-refractivity contribution in [1.29, 1.82) is 0 Å². The van der Waals surface area contributed by atoms with Crippen molar-refractivity contribution in [2.24, 2.45) is 0 Å². The third kappa shape index (κ3) is 3.08. The lowest BCUT2D eigenvalue weighted by Gasteiger charge is -2.21. The Balaban J connectivity index is 1.50. The van der Waals surface area contributed by atoms with E-state index >= 15 is 0 Å². The van der Waals surface area contributed by atoms with Crippen LogP contribution in [0.25, 0.3) is 0 Å². The molecule has 2 fully saturated rings. The normalized spacial score (nSPS) is 19.7. The summed E-state index contributed by atoms with van der Waals surface area (Å²) in [5.74, 6) is 1.30. The number of carbonyl (C=O) groups is 1. The zero-order chi connectivity index (χ0) is 19.3. The SMILES string of the molecule is CC(=O)Nc1cc2c(cn1)C1(CC1)CN2c1cc(C)nc(OC2CCCC2)n1. The molecule has 1 spiro atoms. The zero-order valence-electron chi connectivity index (χ0n) is 16.4. The van der Waals surface area contributed by atoms with Gasteiger partial charge < -0.3 is 15.0 Å². The first-order valence-corrected chi connectivity index (χ1v) is 10.1. The number of aromatic nitrogens is 3. The minimum Gasteiger partial charge on any atom is -0.460 e. The standard InChI is InChI=1S/C21H25N5O2/c1-13-9-19(25-20(23-13)28-15-5-3-4-6-15)26-12-21(7-8-21)16-11-22-18(10-17(16)26)24-14(2)27/h9-11,15H,3-8,12H2,1-2H3,(H,22,24,27). The minimum absolute atomic E-state index is 0.122. The molecule has 146 valence electrons. The number of nitrogens with one attached hydrogen (secondary N) is 1. The lowest BCUT2D eigenvalue weighted by molar-refractivity contribution is -0.114. The average molecular weight is 379 g/mol. The number of amides is 1. The number of aryl methyl sites for hydroxylation is 1. The number of rotatable bonds is 4. The molecule has 0 unspecified atom stereocenters. The largest absolute Gasteiger partial charge is 0.460 e. The predicted octanol–water partition coefficient (Wildman–Crippen LogP) is 3.64. The topological polar surface area (TPSA) is 80.2 Å². The van der Waals surface area contributed by atoms with Crippen LogP contribution in [-0.4, -0.2) is 33.5 Å². The summed E-state index contributed by atoms with van der Waals surface area (Å²) in [6, 6.07) is 4.43. The van der Waals surface area contributed by atoms with E-state index in [1.807, 2.05) is 25.3 Å². The molecular formula is C21H25N5O2. The number of pyridine rings is 1. The van der Waals surface area contributed by atoms with Crippen molar-refractivity contribution in [3.05, 3.63) is 29.6 Å². The fourth-order valence-electron chi connectivity index (χ4n) is 4.45. The summed E-state index contributed by atoms with van der Waals surface area (Å²) in [4.78, 5) is 27.4. The molecule has 0 bridgehead atoms. The Labute approximate surface area is 164 Å². The number of hydrogen-bond donors (Lipinski definition) is 1. The molecule has 0 atom stereocenters. The highest BCUT2D eigenvalue weighted by atomic mass is 16.5. The van der Waals surface area contributed by atoms with Crippen molar-refractivity contribution >= 4 is 23.2 Å². The van der Waals surface area contributed by atoms with E-state index in [2.05, 4.69) is 20.2 Å². The molecule has 0 saturated heterocycles. The van der Waals surface area contributed by atoms with Crippen LogP contribution in [0.3, 0.4) is 0 Å². The van der Waals surface area contributed by atoms with E-state index in [0.29, 0.717) is 11.8 Å². The van der Waals surface area contributed by atoms with Crippen LogP contribution in [0.2, 0.25) is 0 Å². The molecule has 2 aromatic heterocycles. The van der Waals surface area contributed by atoms with E-state index in [0.717, 1.165) is 49.4 Å². The first-order valence-electron chi connectivity index (χ1n) is 10.1. The van der Waals surface area contributed by atoms with Gasteiger partial charge in [-0.25, -0.2) is 9.97 Å². The van der Waals surface area contributed by atoms with Gasteiger partial charge in [0.1, 0.15) is 17.7 Å². The quantitative estimate of drug-likeness (QED) is 0.873. The number of fused-ring (bicyclic) bond motifs is 2. The first-order chi connectivity index (χ1) is 13.5. The summed E-state index contributed by atoms with van der Waals surface area (Å²) >= 11 is 0. The summed E-state index contributed by atoms with van der Waals surface area (Å²) in [7, 11) is 0. The summed E-state index contributed by atoms with van der Waals surface area (Å²) < 4.78 is 6.07. The number of carbonyl (C=O) groups excluding carboxylic acids is 1. The smallest absolute Gasteiger partial charge is 0.318 e. The second kappa shape index (κ2) is 6.43. The molecule has 3 aliphatic rings. The Morgan fingerprint density at radius 3 is 2.75 bits per heavy atom. The highest BCUT2D eigenvalue weighted by molar-refractivity contribution is 5.89. The summed E-state index contributed by atoms with van der Waals surface area (Å²) in [6.07, 6.45) is 9.04. The molecule has 7 nitrogen and oxygen atoms in total. The van der Waals surface area contributed by atoms with E-state index in [1.54, 1.807) is 0 Å². The Bertz CT molecular complexity index is 934. The van der Waals surface area contributed by atoms with E-state index in [4.69, 9.17) is 9.72 Å². The Morgan fingerprint density at radius 1 is 1.25 bits per heavy atom. The Kier molecular flexibility index (Phi) is 4.00. The van der Waals surface area contributed by atoms with E-state index < -0.39 is 0 Å². The molecule has 3 heterocycles. The van der Waals surface area contributed by atoms with Crippen LogP contribution < -0.4 is 15.0 Å². The third-order valence-corrected chi connectivity index (χ3v) is 6.03. The highest BCUT2D eigenvalue weighted by Crippen LogP contribution is 2.58. The fourth-order valence-corrected chi connectivity index (χ4v) is 4.45. The molecule has 2 aliphatic carbocycles. The van der Waals surface area contributed by atoms with Crippen LogP contribution in [0.1, 0.15) is 56.7 Å². The van der Waals surface area contributed by atoms with Crippen LogP contribution >= 0.6 is 0 Å². The van der Waals surface area contributed by atoms with Crippen LogP contribution in [0.4, 0.5) is 17.3 Å². The van der Waals surface area contributed by atoms with Crippen LogP contribution in [0.5, 0.6) is 6.01 Å². The van der Waals surface area contributed by atoms with Crippen molar-refractivity contribution in [2.75, 3.05) is 16.8 Å². The van der Waals surface area contributed by atoms with Gasteiger partial charge in [-0.3, -0.25) is 4.79 Å². The lowest BCUT2D eigenvalue weighted by atomic mass is 10.0. The van der Waals surface area contributed by atoms with Gasteiger partial charge in [0, 0.05) is 48.5 Å². The number of hydrogen-bond acceptors (Lipinski definition) is 6. The van der Waals surface area contributed by atoms with Crippen LogP contribution in [-0.2, 0) is 10.2 Å². The van der Waals surface area contributed by atoms with Crippen molar-refractivity contribution in [3.63, 3.8) is 0 Å².